The summed E-state index contributed by atoms with van der Waals surface area (Å²) in [7, 11) is 0. The van der Waals surface area contributed by atoms with E-state index in [1.807, 2.05) is 0 Å². The summed E-state index contributed by atoms with van der Waals surface area (Å²) in [6, 6.07) is 0. The molecule has 0 spiro atoms. The second kappa shape index (κ2) is 24.9. The normalized spacial score (nSPS) is 12.2. The maximum atomic E-state index is 7.17. The molecule has 0 unspecified atom stereocenters. The monoisotopic (exact) mass is 560 g/mol. The first-order chi connectivity index (χ1) is 15.7. The Morgan fingerprint density at radius 1 is 0.438 bits per heavy atom. The molecule has 0 heterocycles. The molecule has 0 aliphatic carbocycles. The summed E-state index contributed by atoms with van der Waals surface area (Å²) in [5.74, 6) is 0.796. The standard InChI is InChI=1S/3C8H17.C6H13O.Sn/c3*1-3-5-7-8-6-4-2;1-3-6(4-2)5-7;/h3*1,3-8H2,2H3;6H,3-5H2,1-2H3;/q;;;-1;+1. The topological polar surface area (TPSA) is 9.23 Å². The van der Waals surface area contributed by atoms with Crippen molar-refractivity contribution in [3.8, 4) is 0 Å². The zero-order chi connectivity index (χ0) is 23.8. The first-order valence-electron chi connectivity index (χ1n) is 15.3. The predicted octanol–water partition coefficient (Wildman–Crippen LogP) is 11.5. The molecule has 0 aromatic heterocycles. The van der Waals surface area contributed by atoms with Crippen LogP contribution in [0.25, 0.3) is 0 Å². The van der Waals surface area contributed by atoms with E-state index >= 15 is 0 Å². The van der Waals surface area contributed by atoms with Crippen molar-refractivity contribution in [2.24, 2.45) is 5.92 Å². The molecule has 2 heteroatoms. The predicted molar refractivity (Wildman–Crippen MR) is 150 cm³/mol. The van der Waals surface area contributed by atoms with Gasteiger partial charge >= 0.3 is 211 Å². The summed E-state index contributed by atoms with van der Waals surface area (Å²) in [4.78, 5) is 0. The van der Waals surface area contributed by atoms with Crippen LogP contribution in [0.1, 0.15) is 163 Å². The van der Waals surface area contributed by atoms with E-state index in [2.05, 4.69) is 34.6 Å². The van der Waals surface area contributed by atoms with Gasteiger partial charge in [-0.25, -0.2) is 0 Å². The second-order valence-corrected chi connectivity index (χ2v) is 22.6. The van der Waals surface area contributed by atoms with E-state index in [9.17, 15) is 0 Å². The number of hydrogen-bond acceptors (Lipinski definition) is 1. The average molecular weight is 560 g/mol. The van der Waals surface area contributed by atoms with Crippen molar-refractivity contribution >= 4 is 18.8 Å². The van der Waals surface area contributed by atoms with E-state index in [4.69, 9.17) is 3.07 Å². The van der Waals surface area contributed by atoms with Gasteiger partial charge in [-0.05, 0) is 0 Å². The van der Waals surface area contributed by atoms with Crippen molar-refractivity contribution in [2.45, 2.75) is 176 Å². The molecule has 0 saturated heterocycles. The molecule has 0 radical (unpaired) electrons. The first kappa shape index (κ1) is 32.8. The van der Waals surface area contributed by atoms with Crippen molar-refractivity contribution in [2.75, 3.05) is 6.61 Å². The Kier molecular flexibility index (Phi) is 25.5. The molecule has 0 aliphatic heterocycles. The van der Waals surface area contributed by atoms with Gasteiger partial charge in [-0.2, -0.15) is 0 Å². The Hall–Kier alpha value is 0.759. The molecular weight excluding hydrogens is 495 g/mol. The van der Waals surface area contributed by atoms with Gasteiger partial charge in [0, 0.05) is 0 Å². The van der Waals surface area contributed by atoms with Crippen molar-refractivity contribution in [1.29, 1.82) is 0 Å². The van der Waals surface area contributed by atoms with Crippen molar-refractivity contribution < 1.29 is 3.07 Å². The molecule has 0 N–H and O–H groups in total. The molecule has 32 heavy (non-hydrogen) atoms. The maximum absolute atomic E-state index is 7.17. The van der Waals surface area contributed by atoms with Gasteiger partial charge in [0.1, 0.15) is 0 Å². The summed E-state index contributed by atoms with van der Waals surface area (Å²) in [5, 5.41) is 0. The summed E-state index contributed by atoms with van der Waals surface area (Å²) < 4.78 is 11.7. The summed E-state index contributed by atoms with van der Waals surface area (Å²) in [5.41, 5.74) is 0. The van der Waals surface area contributed by atoms with Gasteiger partial charge in [-0.15, -0.1) is 0 Å². The van der Waals surface area contributed by atoms with Gasteiger partial charge in [-0.1, -0.05) is 0 Å². The summed E-state index contributed by atoms with van der Waals surface area (Å²) in [6.07, 6.45) is 28.4. The average Bonchev–Trinajstić information content (AvgIpc) is 2.81. The fourth-order valence-electron chi connectivity index (χ4n) is 5.09. The molecular formula is C30H64OSn. The van der Waals surface area contributed by atoms with Crippen LogP contribution in [0.15, 0.2) is 0 Å². The third-order valence-electron chi connectivity index (χ3n) is 7.74. The molecule has 0 aromatic rings. The van der Waals surface area contributed by atoms with E-state index in [1.165, 1.54) is 142 Å². The molecule has 0 amide bonds. The van der Waals surface area contributed by atoms with Crippen LogP contribution in [-0.2, 0) is 3.07 Å². The molecule has 0 rings (SSSR count). The Morgan fingerprint density at radius 2 is 0.750 bits per heavy atom. The molecule has 1 nitrogen and oxygen atoms in total. The van der Waals surface area contributed by atoms with Crippen LogP contribution in [0.5, 0.6) is 0 Å². The molecule has 0 aromatic carbocycles. The summed E-state index contributed by atoms with van der Waals surface area (Å²) in [6.45, 7) is 12.8. The van der Waals surface area contributed by atoms with Gasteiger partial charge < -0.3 is 0 Å². The third-order valence-corrected chi connectivity index (χ3v) is 20.8. The second-order valence-electron chi connectivity index (χ2n) is 10.7. The Bertz CT molecular complexity index is 312. The van der Waals surface area contributed by atoms with Crippen molar-refractivity contribution in [3.05, 3.63) is 0 Å². The first-order valence-corrected chi connectivity index (χ1v) is 22.5. The zero-order valence-corrected chi connectivity index (χ0v) is 26.3. The molecule has 0 aliphatic rings. The third kappa shape index (κ3) is 19.1. The SMILES string of the molecule is CCCCCCC[CH2][Sn]([CH2]CCCCCCC)([CH2]CCCCCCC)[O]CC(CC)CC. The van der Waals surface area contributed by atoms with Crippen molar-refractivity contribution in [1.82, 2.24) is 0 Å². The van der Waals surface area contributed by atoms with Gasteiger partial charge in [0.25, 0.3) is 0 Å². The van der Waals surface area contributed by atoms with E-state index in [0.717, 1.165) is 12.5 Å². The molecule has 0 bridgehead atoms. The van der Waals surface area contributed by atoms with Crippen LogP contribution in [-0.4, -0.2) is 25.4 Å². The minimum atomic E-state index is -2.50. The zero-order valence-electron chi connectivity index (χ0n) is 23.5. The Balaban J connectivity index is 4.87. The van der Waals surface area contributed by atoms with E-state index in [0.29, 0.717) is 0 Å². The van der Waals surface area contributed by atoms with Crippen LogP contribution in [0.4, 0.5) is 0 Å². The minimum absolute atomic E-state index is 0.796. The summed E-state index contributed by atoms with van der Waals surface area (Å²) >= 11 is -2.50. The van der Waals surface area contributed by atoms with E-state index in [-0.39, 0.29) is 0 Å². The molecule has 0 saturated carbocycles. The molecule has 194 valence electrons. The van der Waals surface area contributed by atoms with Gasteiger partial charge in [0.2, 0.25) is 0 Å². The fraction of sp³-hybridized carbons (Fsp3) is 1.00. The van der Waals surface area contributed by atoms with Crippen LogP contribution in [0.3, 0.4) is 0 Å². The number of unbranched alkanes of at least 4 members (excludes halogenated alkanes) is 15. The molecule has 0 atom stereocenters. The van der Waals surface area contributed by atoms with Crippen LogP contribution < -0.4 is 0 Å². The number of rotatable bonds is 26. The van der Waals surface area contributed by atoms with E-state index < -0.39 is 18.8 Å². The van der Waals surface area contributed by atoms with Gasteiger partial charge in [0.15, 0.2) is 0 Å². The Labute approximate surface area is 210 Å². The quantitative estimate of drug-likeness (QED) is 0.0757. The number of hydrogen-bond donors (Lipinski definition) is 0. The van der Waals surface area contributed by atoms with Crippen LogP contribution >= 0.6 is 0 Å². The van der Waals surface area contributed by atoms with Gasteiger partial charge in [0.05, 0.1) is 0 Å². The molecule has 0 fully saturated rings. The Morgan fingerprint density at radius 3 is 1.06 bits per heavy atom. The van der Waals surface area contributed by atoms with Crippen LogP contribution in [0.2, 0.25) is 13.3 Å². The van der Waals surface area contributed by atoms with E-state index in [1.54, 1.807) is 0 Å². The fourth-order valence-corrected chi connectivity index (χ4v) is 17.8. The van der Waals surface area contributed by atoms with Crippen LogP contribution in [0, 0.1) is 5.92 Å². The van der Waals surface area contributed by atoms with Crippen molar-refractivity contribution in [3.63, 3.8) is 0 Å². The van der Waals surface area contributed by atoms with Gasteiger partial charge in [-0.3, -0.25) is 0 Å².